The van der Waals surface area contributed by atoms with Crippen molar-refractivity contribution in [1.29, 1.82) is 5.26 Å². The van der Waals surface area contributed by atoms with Gasteiger partial charge in [-0.1, -0.05) is 89.8 Å². The zero-order valence-corrected chi connectivity index (χ0v) is 21.9. The van der Waals surface area contributed by atoms with E-state index in [0.717, 1.165) is 24.3 Å². The van der Waals surface area contributed by atoms with E-state index in [9.17, 15) is 10.1 Å². The van der Waals surface area contributed by atoms with Crippen LogP contribution >= 0.6 is 0 Å². The van der Waals surface area contributed by atoms with Crippen LogP contribution in [-0.2, 0) is 6.42 Å². The quantitative estimate of drug-likeness (QED) is 0.165. The van der Waals surface area contributed by atoms with Gasteiger partial charge in [0.15, 0.2) is 0 Å². The van der Waals surface area contributed by atoms with E-state index in [0.29, 0.717) is 22.8 Å². The van der Waals surface area contributed by atoms with E-state index in [1.54, 1.807) is 6.07 Å². The van der Waals surface area contributed by atoms with Crippen molar-refractivity contribution < 1.29 is 9.53 Å². The number of nitriles is 1. The molecule has 1 fully saturated rings. The zero-order valence-electron chi connectivity index (χ0n) is 21.9. The Morgan fingerprint density at radius 2 is 1.57 bits per heavy atom. The van der Waals surface area contributed by atoms with Gasteiger partial charge in [0.05, 0.1) is 11.1 Å². The number of hydrogen-bond acceptors (Lipinski definition) is 3. The summed E-state index contributed by atoms with van der Waals surface area (Å²) in [7, 11) is 0. The summed E-state index contributed by atoms with van der Waals surface area (Å²) in [5.74, 6) is 1.42. The topological polar surface area (TPSA) is 50.1 Å². The minimum Gasteiger partial charge on any atom is -0.422 e. The third-order valence-corrected chi connectivity index (χ3v) is 7.59. The molecule has 35 heavy (non-hydrogen) atoms. The van der Waals surface area contributed by atoms with E-state index in [-0.39, 0.29) is 0 Å². The van der Waals surface area contributed by atoms with Crippen molar-refractivity contribution in [3.8, 4) is 11.8 Å². The predicted octanol–water partition coefficient (Wildman–Crippen LogP) is 9.14. The maximum atomic E-state index is 12.7. The number of carbonyl (C=O) groups is 1. The fraction of sp³-hybridized carbons (Fsp3) is 0.562. The molecule has 0 heterocycles. The van der Waals surface area contributed by atoms with Crippen LogP contribution in [0.25, 0.3) is 0 Å². The van der Waals surface area contributed by atoms with Crippen molar-refractivity contribution in [2.45, 2.75) is 110 Å². The Hall–Kier alpha value is -2.60. The van der Waals surface area contributed by atoms with Crippen LogP contribution in [0.1, 0.15) is 130 Å². The molecule has 0 spiro atoms. The van der Waals surface area contributed by atoms with Crippen LogP contribution in [-0.4, -0.2) is 5.97 Å². The molecule has 3 rings (SSSR count). The molecule has 0 aliphatic heterocycles. The summed E-state index contributed by atoms with van der Waals surface area (Å²) in [6.45, 7) is 4.38. The molecular formula is C32H43NO2. The van der Waals surface area contributed by atoms with Gasteiger partial charge in [-0.25, -0.2) is 4.79 Å². The SMILES string of the molecule is CCCCCCCCCC1CCC(c2ccc(C(=O)Oc3ccc(CCC)cc3C#N)cc2)CC1. The van der Waals surface area contributed by atoms with Crippen LogP contribution in [0.2, 0.25) is 0 Å². The van der Waals surface area contributed by atoms with E-state index < -0.39 is 5.97 Å². The lowest BCUT2D eigenvalue weighted by molar-refractivity contribution is 0.0734. The fourth-order valence-electron chi connectivity index (χ4n) is 5.42. The second-order valence-corrected chi connectivity index (χ2v) is 10.3. The Bertz CT molecular complexity index is 949. The Morgan fingerprint density at radius 3 is 2.23 bits per heavy atom. The third-order valence-electron chi connectivity index (χ3n) is 7.59. The summed E-state index contributed by atoms with van der Waals surface area (Å²) in [6, 6.07) is 15.6. The van der Waals surface area contributed by atoms with Crippen LogP contribution in [0.5, 0.6) is 5.75 Å². The minimum absolute atomic E-state index is 0.334. The molecule has 0 bridgehead atoms. The summed E-state index contributed by atoms with van der Waals surface area (Å²) in [6.07, 6.45) is 18.2. The molecule has 3 nitrogen and oxygen atoms in total. The van der Waals surface area contributed by atoms with Crippen LogP contribution in [0.3, 0.4) is 0 Å². The molecule has 2 aromatic rings. The van der Waals surface area contributed by atoms with E-state index in [4.69, 9.17) is 4.74 Å². The first-order valence-corrected chi connectivity index (χ1v) is 14.0. The molecule has 0 N–H and O–H groups in total. The first kappa shape index (κ1) is 27.0. The van der Waals surface area contributed by atoms with E-state index in [1.807, 2.05) is 24.3 Å². The van der Waals surface area contributed by atoms with Crippen molar-refractivity contribution in [1.82, 2.24) is 0 Å². The molecule has 0 aromatic heterocycles. The van der Waals surface area contributed by atoms with Gasteiger partial charge in [-0.05, 0) is 79.3 Å². The number of ether oxygens (including phenoxy) is 1. The largest absolute Gasteiger partial charge is 0.422 e. The average molecular weight is 474 g/mol. The lowest BCUT2D eigenvalue weighted by Crippen LogP contribution is -2.14. The van der Waals surface area contributed by atoms with Crippen molar-refractivity contribution in [2.75, 3.05) is 0 Å². The monoisotopic (exact) mass is 473 g/mol. The summed E-state index contributed by atoms with van der Waals surface area (Å²) in [4.78, 5) is 12.7. The van der Waals surface area contributed by atoms with Gasteiger partial charge < -0.3 is 4.74 Å². The molecule has 0 unspecified atom stereocenters. The van der Waals surface area contributed by atoms with Gasteiger partial charge in [0, 0.05) is 0 Å². The number of rotatable bonds is 13. The van der Waals surface area contributed by atoms with Crippen molar-refractivity contribution in [2.24, 2.45) is 5.92 Å². The van der Waals surface area contributed by atoms with Crippen LogP contribution < -0.4 is 4.74 Å². The normalized spacial score (nSPS) is 17.6. The Morgan fingerprint density at radius 1 is 0.886 bits per heavy atom. The van der Waals surface area contributed by atoms with E-state index in [2.05, 4.69) is 32.0 Å². The number of unbranched alkanes of at least 4 members (excludes halogenated alkanes) is 6. The second-order valence-electron chi connectivity index (χ2n) is 10.3. The van der Waals surface area contributed by atoms with Crippen LogP contribution in [0.15, 0.2) is 42.5 Å². The predicted molar refractivity (Wildman–Crippen MR) is 144 cm³/mol. The zero-order chi connectivity index (χ0) is 24.9. The summed E-state index contributed by atoms with van der Waals surface area (Å²) >= 11 is 0. The molecular weight excluding hydrogens is 430 g/mol. The van der Waals surface area contributed by atoms with Gasteiger partial charge in [0.1, 0.15) is 11.8 Å². The molecule has 1 aliphatic rings. The second kappa shape index (κ2) is 14.7. The van der Waals surface area contributed by atoms with Gasteiger partial charge in [0.2, 0.25) is 0 Å². The molecule has 0 atom stereocenters. The smallest absolute Gasteiger partial charge is 0.343 e. The van der Waals surface area contributed by atoms with Crippen molar-refractivity contribution >= 4 is 5.97 Å². The number of nitrogens with zero attached hydrogens (tertiary/aromatic N) is 1. The number of aryl methyl sites for hydroxylation is 1. The molecule has 0 radical (unpaired) electrons. The van der Waals surface area contributed by atoms with Gasteiger partial charge in [-0.3, -0.25) is 0 Å². The lowest BCUT2D eigenvalue weighted by Gasteiger charge is -2.29. The highest BCUT2D eigenvalue weighted by Gasteiger charge is 2.22. The molecule has 3 heteroatoms. The van der Waals surface area contributed by atoms with E-state index >= 15 is 0 Å². The lowest BCUT2D eigenvalue weighted by atomic mass is 9.77. The minimum atomic E-state index is -0.408. The Kier molecular flexibility index (Phi) is 11.4. The van der Waals surface area contributed by atoms with Crippen molar-refractivity contribution in [3.05, 3.63) is 64.7 Å². The molecule has 2 aromatic carbocycles. The molecule has 1 saturated carbocycles. The number of benzene rings is 2. The molecule has 1 aliphatic carbocycles. The molecule has 0 saturated heterocycles. The Balaban J connectivity index is 1.44. The first-order valence-electron chi connectivity index (χ1n) is 14.0. The van der Waals surface area contributed by atoms with Crippen LogP contribution in [0.4, 0.5) is 0 Å². The number of esters is 1. The van der Waals surface area contributed by atoms with E-state index in [1.165, 1.54) is 82.6 Å². The highest BCUT2D eigenvalue weighted by atomic mass is 16.5. The van der Waals surface area contributed by atoms with Crippen LogP contribution in [0, 0.1) is 17.2 Å². The third kappa shape index (κ3) is 8.53. The van der Waals surface area contributed by atoms with Crippen molar-refractivity contribution in [3.63, 3.8) is 0 Å². The molecule has 188 valence electrons. The van der Waals surface area contributed by atoms with Gasteiger partial charge >= 0.3 is 5.97 Å². The maximum Gasteiger partial charge on any atom is 0.343 e. The number of hydrogen-bond donors (Lipinski definition) is 0. The number of carbonyl (C=O) groups excluding carboxylic acids is 1. The van der Waals surface area contributed by atoms with Gasteiger partial charge in [-0.15, -0.1) is 0 Å². The standard InChI is InChI=1S/C32H43NO2/c1-3-5-6-7-8-9-10-12-25-13-16-27(17-14-25)28-18-20-29(21-19-28)32(34)35-31-22-15-26(11-4-2)23-30(31)24-33/h15,18-23,25,27H,3-14,16-17H2,1-2H3. The average Bonchev–Trinajstić information content (AvgIpc) is 2.89. The van der Waals surface area contributed by atoms with Gasteiger partial charge in [0.25, 0.3) is 0 Å². The maximum absolute atomic E-state index is 12.7. The summed E-state index contributed by atoms with van der Waals surface area (Å²) < 4.78 is 5.57. The highest BCUT2D eigenvalue weighted by molar-refractivity contribution is 5.91. The summed E-state index contributed by atoms with van der Waals surface area (Å²) in [5, 5.41) is 9.45. The Labute approximate surface area is 212 Å². The highest BCUT2D eigenvalue weighted by Crippen LogP contribution is 2.38. The van der Waals surface area contributed by atoms with Gasteiger partial charge in [-0.2, -0.15) is 5.26 Å². The first-order chi connectivity index (χ1) is 17.1. The fourth-order valence-corrected chi connectivity index (χ4v) is 5.42. The molecule has 0 amide bonds. The summed E-state index contributed by atoms with van der Waals surface area (Å²) in [5.41, 5.74) is 3.36.